The van der Waals surface area contributed by atoms with E-state index >= 15 is 0 Å². The van der Waals surface area contributed by atoms with E-state index in [-0.39, 0.29) is 17.9 Å². The van der Waals surface area contributed by atoms with Crippen LogP contribution in [-0.4, -0.2) is 59.5 Å². The topological polar surface area (TPSA) is 60.9 Å². The lowest BCUT2D eigenvalue weighted by Gasteiger charge is -2.38. The van der Waals surface area contributed by atoms with Crippen molar-refractivity contribution in [3.05, 3.63) is 0 Å². The number of carboxylic acids is 1. The Labute approximate surface area is 95.0 Å². The standard InChI is InChI=1S/C11H18N2O3/c1-7-6-12(2)3-4-13(7)10(14)8-5-9(8)11(15)16/h7-9H,3-6H2,1-2H3,(H,15,16). The summed E-state index contributed by atoms with van der Waals surface area (Å²) >= 11 is 0. The van der Waals surface area contributed by atoms with Crippen LogP contribution < -0.4 is 0 Å². The fourth-order valence-electron chi connectivity index (χ4n) is 2.42. The van der Waals surface area contributed by atoms with Gasteiger partial charge >= 0.3 is 5.97 Å². The summed E-state index contributed by atoms with van der Waals surface area (Å²) in [5.41, 5.74) is 0. The number of carbonyl (C=O) groups is 2. The second-order valence-electron chi connectivity index (χ2n) is 4.93. The van der Waals surface area contributed by atoms with Gasteiger partial charge in [0, 0.05) is 25.7 Å². The van der Waals surface area contributed by atoms with Crippen molar-refractivity contribution in [3.63, 3.8) is 0 Å². The van der Waals surface area contributed by atoms with Crippen LogP contribution in [0.3, 0.4) is 0 Å². The largest absolute Gasteiger partial charge is 0.481 e. The molecule has 90 valence electrons. The normalized spacial score (nSPS) is 34.9. The molecule has 3 atom stereocenters. The number of rotatable bonds is 2. The number of likely N-dealkylation sites (N-methyl/N-ethyl adjacent to an activating group) is 1. The Morgan fingerprint density at radius 1 is 1.25 bits per heavy atom. The number of carboxylic acid groups (broad SMARTS) is 1. The number of hydrogen-bond donors (Lipinski definition) is 1. The third kappa shape index (κ3) is 2.04. The average molecular weight is 226 g/mol. The molecular formula is C11H18N2O3. The van der Waals surface area contributed by atoms with Crippen LogP contribution in [0.25, 0.3) is 0 Å². The Kier molecular flexibility index (Phi) is 2.88. The molecule has 1 heterocycles. The van der Waals surface area contributed by atoms with Crippen molar-refractivity contribution >= 4 is 11.9 Å². The average Bonchev–Trinajstić information content (AvgIpc) is 2.96. The molecule has 0 aromatic heterocycles. The zero-order valence-electron chi connectivity index (χ0n) is 9.72. The number of carbonyl (C=O) groups excluding carboxylic acids is 1. The molecule has 2 fully saturated rings. The molecule has 0 bridgehead atoms. The van der Waals surface area contributed by atoms with E-state index in [1.807, 2.05) is 18.9 Å². The number of piperazine rings is 1. The lowest BCUT2D eigenvalue weighted by molar-refractivity contribution is -0.143. The molecule has 0 aromatic carbocycles. The maximum Gasteiger partial charge on any atom is 0.307 e. The van der Waals surface area contributed by atoms with Gasteiger partial charge in [-0.2, -0.15) is 0 Å². The summed E-state index contributed by atoms with van der Waals surface area (Å²) in [6.45, 7) is 4.49. The second kappa shape index (κ2) is 4.05. The van der Waals surface area contributed by atoms with Crippen LogP contribution in [0.15, 0.2) is 0 Å². The molecule has 2 aliphatic rings. The quantitative estimate of drug-likeness (QED) is 0.712. The molecule has 0 spiro atoms. The lowest BCUT2D eigenvalue weighted by Crippen LogP contribution is -2.53. The third-order valence-electron chi connectivity index (χ3n) is 3.54. The van der Waals surface area contributed by atoms with Crippen molar-refractivity contribution in [2.75, 3.05) is 26.7 Å². The second-order valence-corrected chi connectivity index (χ2v) is 4.93. The summed E-state index contributed by atoms with van der Waals surface area (Å²) in [7, 11) is 2.04. The zero-order chi connectivity index (χ0) is 11.9. The van der Waals surface area contributed by atoms with Crippen LogP contribution in [0.5, 0.6) is 0 Å². The molecule has 1 N–H and O–H groups in total. The molecule has 3 unspecified atom stereocenters. The van der Waals surface area contributed by atoms with Gasteiger partial charge in [0.2, 0.25) is 5.91 Å². The predicted octanol–water partition coefficient (Wildman–Crippen LogP) is -0.130. The van der Waals surface area contributed by atoms with E-state index in [0.717, 1.165) is 19.6 Å². The van der Waals surface area contributed by atoms with Crippen LogP contribution in [0.4, 0.5) is 0 Å². The van der Waals surface area contributed by atoms with Crippen molar-refractivity contribution < 1.29 is 14.7 Å². The molecule has 1 amide bonds. The number of aliphatic carboxylic acids is 1. The molecule has 1 saturated heterocycles. The number of hydrogen-bond acceptors (Lipinski definition) is 3. The summed E-state index contributed by atoms with van der Waals surface area (Å²) in [4.78, 5) is 26.8. The highest BCUT2D eigenvalue weighted by Crippen LogP contribution is 2.40. The molecule has 1 aliphatic carbocycles. The zero-order valence-corrected chi connectivity index (χ0v) is 9.72. The maximum absolute atomic E-state index is 12.0. The minimum atomic E-state index is -0.833. The van der Waals surface area contributed by atoms with E-state index in [4.69, 9.17) is 5.11 Å². The molecule has 0 radical (unpaired) electrons. The Hall–Kier alpha value is -1.10. The summed E-state index contributed by atoms with van der Waals surface area (Å²) in [6, 6.07) is 0.196. The van der Waals surface area contributed by atoms with Crippen molar-refractivity contribution in [3.8, 4) is 0 Å². The van der Waals surface area contributed by atoms with Crippen LogP contribution in [-0.2, 0) is 9.59 Å². The van der Waals surface area contributed by atoms with Gasteiger partial charge in [-0.3, -0.25) is 9.59 Å². The fourth-order valence-corrected chi connectivity index (χ4v) is 2.42. The van der Waals surface area contributed by atoms with E-state index in [1.165, 1.54) is 0 Å². The molecule has 1 aliphatic heterocycles. The summed E-state index contributed by atoms with van der Waals surface area (Å²) in [5, 5.41) is 8.80. The van der Waals surface area contributed by atoms with Gasteiger partial charge < -0.3 is 14.9 Å². The van der Waals surface area contributed by atoms with Crippen molar-refractivity contribution in [2.45, 2.75) is 19.4 Å². The van der Waals surface area contributed by atoms with Gasteiger partial charge in [0.05, 0.1) is 11.8 Å². The molecule has 0 aromatic rings. The molecular weight excluding hydrogens is 208 g/mol. The first-order chi connectivity index (χ1) is 7.50. The maximum atomic E-state index is 12.0. The molecule has 5 nitrogen and oxygen atoms in total. The first-order valence-corrected chi connectivity index (χ1v) is 5.72. The Balaban J connectivity index is 1.93. The van der Waals surface area contributed by atoms with Crippen molar-refractivity contribution in [1.29, 1.82) is 0 Å². The Morgan fingerprint density at radius 3 is 2.44 bits per heavy atom. The predicted molar refractivity (Wildman–Crippen MR) is 57.9 cm³/mol. The molecule has 1 saturated carbocycles. The minimum Gasteiger partial charge on any atom is -0.481 e. The molecule has 16 heavy (non-hydrogen) atoms. The number of nitrogens with zero attached hydrogens (tertiary/aromatic N) is 2. The van der Waals surface area contributed by atoms with Crippen molar-refractivity contribution in [1.82, 2.24) is 9.80 Å². The number of amides is 1. The van der Waals surface area contributed by atoms with E-state index in [2.05, 4.69) is 4.90 Å². The van der Waals surface area contributed by atoms with E-state index in [1.54, 1.807) is 0 Å². The SMILES string of the molecule is CC1CN(C)CCN1C(=O)C1CC1C(=O)O. The van der Waals surface area contributed by atoms with Crippen LogP contribution in [0.1, 0.15) is 13.3 Å². The van der Waals surface area contributed by atoms with Gasteiger partial charge in [-0.05, 0) is 20.4 Å². The first-order valence-electron chi connectivity index (χ1n) is 5.72. The van der Waals surface area contributed by atoms with Crippen molar-refractivity contribution in [2.24, 2.45) is 11.8 Å². The van der Waals surface area contributed by atoms with Gasteiger partial charge in [0.25, 0.3) is 0 Å². The van der Waals surface area contributed by atoms with Crippen LogP contribution in [0, 0.1) is 11.8 Å². The van der Waals surface area contributed by atoms with E-state index < -0.39 is 11.9 Å². The fraction of sp³-hybridized carbons (Fsp3) is 0.818. The monoisotopic (exact) mass is 226 g/mol. The highest BCUT2D eigenvalue weighted by atomic mass is 16.4. The lowest BCUT2D eigenvalue weighted by atomic mass is 10.1. The van der Waals surface area contributed by atoms with Gasteiger partial charge in [-0.1, -0.05) is 0 Å². The Bertz CT molecular complexity index is 318. The summed E-state index contributed by atoms with van der Waals surface area (Å²) in [6.07, 6.45) is 0.521. The third-order valence-corrected chi connectivity index (χ3v) is 3.54. The summed E-state index contributed by atoms with van der Waals surface area (Å²) < 4.78 is 0. The van der Waals surface area contributed by atoms with Gasteiger partial charge in [0.1, 0.15) is 0 Å². The van der Waals surface area contributed by atoms with Gasteiger partial charge in [-0.15, -0.1) is 0 Å². The smallest absolute Gasteiger partial charge is 0.307 e. The highest BCUT2D eigenvalue weighted by molar-refractivity contribution is 5.89. The first kappa shape index (κ1) is 11.4. The van der Waals surface area contributed by atoms with Crippen LogP contribution in [0.2, 0.25) is 0 Å². The van der Waals surface area contributed by atoms with E-state index in [9.17, 15) is 9.59 Å². The molecule has 5 heteroatoms. The van der Waals surface area contributed by atoms with Gasteiger partial charge in [0.15, 0.2) is 0 Å². The van der Waals surface area contributed by atoms with Gasteiger partial charge in [-0.25, -0.2) is 0 Å². The van der Waals surface area contributed by atoms with E-state index in [0.29, 0.717) is 6.42 Å². The van der Waals surface area contributed by atoms with Crippen LogP contribution >= 0.6 is 0 Å². The summed E-state index contributed by atoms with van der Waals surface area (Å²) in [5.74, 6) is -1.49. The highest BCUT2D eigenvalue weighted by Gasteiger charge is 2.50. The Morgan fingerprint density at radius 2 is 1.94 bits per heavy atom. The molecule has 2 rings (SSSR count). The minimum absolute atomic E-state index is 0.0352.